The van der Waals surface area contributed by atoms with Gasteiger partial charge in [0.15, 0.2) is 6.10 Å². The topological polar surface area (TPSA) is 35.5 Å². The van der Waals surface area contributed by atoms with Crippen LogP contribution in [0.15, 0.2) is 24.3 Å². The van der Waals surface area contributed by atoms with E-state index in [0.717, 1.165) is 5.56 Å². The first-order chi connectivity index (χ1) is 6.33. The van der Waals surface area contributed by atoms with Gasteiger partial charge in [-0.3, -0.25) is 0 Å². The number of methoxy groups -OCH3 is 1. The second-order valence-electron chi connectivity index (χ2n) is 2.78. The molecule has 0 spiro atoms. The van der Waals surface area contributed by atoms with E-state index in [2.05, 4.69) is 0 Å². The summed E-state index contributed by atoms with van der Waals surface area (Å²) in [5.74, 6) is -0.283. The largest absolute Gasteiger partial charge is 0.451 e. The molecule has 0 bridgehead atoms. The first-order valence-electron chi connectivity index (χ1n) is 3.99. The van der Waals surface area contributed by atoms with Gasteiger partial charge in [-0.05, 0) is 6.07 Å². The number of carbonyl (C=O) groups is 1. The number of cyclic esters (lactones) is 1. The second-order valence-corrected chi connectivity index (χ2v) is 2.78. The minimum Gasteiger partial charge on any atom is -0.451 e. The maximum atomic E-state index is 11.3. The molecular formula is C10H9O3. The summed E-state index contributed by atoms with van der Waals surface area (Å²) in [6.07, 6.45) is -0.353. The minimum atomic E-state index is -0.353. The fraction of sp³-hybridized carbons (Fsp3) is 0.200. The monoisotopic (exact) mass is 177 g/mol. The van der Waals surface area contributed by atoms with Crippen LogP contribution in [0.4, 0.5) is 0 Å². The molecule has 3 heteroatoms. The summed E-state index contributed by atoms with van der Waals surface area (Å²) in [5.41, 5.74) is 1.50. The Morgan fingerprint density at radius 1 is 1.46 bits per heavy atom. The van der Waals surface area contributed by atoms with Crippen molar-refractivity contribution in [3.8, 4) is 0 Å². The quantitative estimate of drug-likeness (QED) is 0.645. The molecule has 3 nitrogen and oxygen atoms in total. The van der Waals surface area contributed by atoms with Crippen molar-refractivity contribution in [3.05, 3.63) is 42.0 Å². The Hall–Kier alpha value is -1.35. The average molecular weight is 177 g/mol. The molecule has 0 fully saturated rings. The van der Waals surface area contributed by atoms with E-state index in [-0.39, 0.29) is 12.1 Å². The van der Waals surface area contributed by atoms with Crippen LogP contribution in [0.2, 0.25) is 0 Å². The van der Waals surface area contributed by atoms with Gasteiger partial charge in [-0.1, -0.05) is 18.2 Å². The van der Waals surface area contributed by atoms with E-state index in [4.69, 9.17) is 9.47 Å². The predicted octanol–water partition coefficient (Wildman–Crippen LogP) is 1.71. The Morgan fingerprint density at radius 2 is 2.23 bits per heavy atom. The Morgan fingerprint density at radius 3 is 3.00 bits per heavy atom. The van der Waals surface area contributed by atoms with Crippen molar-refractivity contribution in [1.29, 1.82) is 0 Å². The van der Waals surface area contributed by atoms with E-state index in [1.54, 1.807) is 6.07 Å². The fourth-order valence-electron chi connectivity index (χ4n) is 1.40. The Kier molecular flexibility index (Phi) is 2.02. The van der Waals surface area contributed by atoms with E-state index in [1.807, 2.05) is 18.2 Å². The van der Waals surface area contributed by atoms with E-state index in [1.165, 1.54) is 13.7 Å². The number of fused-ring (bicyclic) bond motifs is 1. The third-order valence-corrected chi connectivity index (χ3v) is 1.98. The van der Waals surface area contributed by atoms with Gasteiger partial charge in [0.05, 0.1) is 5.56 Å². The summed E-state index contributed by atoms with van der Waals surface area (Å²) < 4.78 is 9.88. The standard InChI is InChI=1S/C10H9O3/c1-12-6-9-7-4-2-3-5-8(7)10(11)13-9/h2-6,9H,1H3. The number of rotatable bonds is 2. The van der Waals surface area contributed by atoms with Crippen LogP contribution in [-0.4, -0.2) is 13.1 Å². The number of esters is 1. The third-order valence-electron chi connectivity index (χ3n) is 1.98. The van der Waals surface area contributed by atoms with Gasteiger partial charge in [0.25, 0.3) is 0 Å². The van der Waals surface area contributed by atoms with Crippen LogP contribution in [0.3, 0.4) is 0 Å². The van der Waals surface area contributed by atoms with Gasteiger partial charge in [-0.2, -0.15) is 0 Å². The molecule has 0 aliphatic carbocycles. The molecule has 1 aliphatic rings. The van der Waals surface area contributed by atoms with Gasteiger partial charge in [-0.25, -0.2) is 4.79 Å². The molecule has 0 saturated heterocycles. The Bertz CT molecular complexity index is 333. The van der Waals surface area contributed by atoms with Crippen molar-refractivity contribution in [2.75, 3.05) is 7.11 Å². The van der Waals surface area contributed by atoms with Crippen molar-refractivity contribution in [3.63, 3.8) is 0 Å². The molecule has 0 saturated carbocycles. The normalized spacial score (nSPS) is 19.8. The lowest BCUT2D eigenvalue weighted by atomic mass is 10.1. The summed E-state index contributed by atoms with van der Waals surface area (Å²) in [6, 6.07) is 7.30. The number of benzene rings is 1. The van der Waals surface area contributed by atoms with Crippen LogP contribution in [0.25, 0.3) is 0 Å². The van der Waals surface area contributed by atoms with Gasteiger partial charge in [0.2, 0.25) is 0 Å². The van der Waals surface area contributed by atoms with Crippen molar-refractivity contribution in [2.24, 2.45) is 0 Å². The van der Waals surface area contributed by atoms with Gasteiger partial charge < -0.3 is 9.47 Å². The zero-order chi connectivity index (χ0) is 9.26. The first kappa shape index (κ1) is 8.26. The van der Waals surface area contributed by atoms with Crippen LogP contribution < -0.4 is 0 Å². The van der Waals surface area contributed by atoms with Crippen molar-refractivity contribution < 1.29 is 14.3 Å². The SMILES string of the molecule is CO[CH]C1OC(=O)c2ccccc21. The summed E-state index contributed by atoms with van der Waals surface area (Å²) >= 11 is 0. The lowest BCUT2D eigenvalue weighted by Gasteiger charge is -2.07. The Balaban J connectivity index is 2.36. The molecule has 0 N–H and O–H groups in total. The first-order valence-corrected chi connectivity index (χ1v) is 3.99. The second kappa shape index (κ2) is 3.18. The highest BCUT2D eigenvalue weighted by Gasteiger charge is 2.30. The molecule has 1 aromatic rings. The fourth-order valence-corrected chi connectivity index (χ4v) is 1.40. The zero-order valence-corrected chi connectivity index (χ0v) is 7.19. The number of hydrogen-bond acceptors (Lipinski definition) is 3. The molecule has 1 aliphatic heterocycles. The van der Waals surface area contributed by atoms with E-state index < -0.39 is 0 Å². The van der Waals surface area contributed by atoms with E-state index >= 15 is 0 Å². The van der Waals surface area contributed by atoms with E-state index in [0.29, 0.717) is 5.56 Å². The summed E-state index contributed by atoms with van der Waals surface area (Å²) in [6.45, 7) is 1.50. The number of carbonyl (C=O) groups excluding carboxylic acids is 1. The van der Waals surface area contributed by atoms with Crippen molar-refractivity contribution >= 4 is 5.97 Å². The third kappa shape index (κ3) is 1.31. The maximum Gasteiger partial charge on any atom is 0.339 e. The van der Waals surface area contributed by atoms with Gasteiger partial charge in [0.1, 0.15) is 6.61 Å². The maximum absolute atomic E-state index is 11.3. The molecule has 0 amide bonds. The predicted molar refractivity (Wildman–Crippen MR) is 45.9 cm³/mol. The summed E-state index contributed by atoms with van der Waals surface area (Å²) in [5, 5.41) is 0. The van der Waals surface area contributed by atoms with Crippen LogP contribution >= 0.6 is 0 Å². The van der Waals surface area contributed by atoms with Crippen molar-refractivity contribution in [2.45, 2.75) is 6.10 Å². The lowest BCUT2D eigenvalue weighted by molar-refractivity contribution is 0.0322. The van der Waals surface area contributed by atoms with Crippen molar-refractivity contribution in [1.82, 2.24) is 0 Å². The Labute approximate surface area is 76.3 Å². The van der Waals surface area contributed by atoms with Gasteiger partial charge in [-0.15, -0.1) is 0 Å². The molecule has 1 radical (unpaired) electrons. The molecule has 1 aromatic carbocycles. The van der Waals surface area contributed by atoms with E-state index in [9.17, 15) is 4.79 Å². The zero-order valence-electron chi connectivity index (χ0n) is 7.19. The molecule has 1 heterocycles. The smallest absolute Gasteiger partial charge is 0.339 e. The molecule has 0 aromatic heterocycles. The highest BCUT2D eigenvalue weighted by Crippen LogP contribution is 2.31. The molecule has 1 atom stereocenters. The van der Waals surface area contributed by atoms with Gasteiger partial charge in [0, 0.05) is 12.7 Å². The molecule has 2 rings (SSSR count). The highest BCUT2D eigenvalue weighted by atomic mass is 16.6. The average Bonchev–Trinajstić information content (AvgIpc) is 2.46. The molecule has 67 valence electrons. The van der Waals surface area contributed by atoms with Crippen LogP contribution in [-0.2, 0) is 9.47 Å². The molecule has 1 unspecified atom stereocenters. The molecule has 13 heavy (non-hydrogen) atoms. The molecular weight excluding hydrogens is 168 g/mol. The number of hydrogen-bond donors (Lipinski definition) is 0. The summed E-state index contributed by atoms with van der Waals surface area (Å²) in [7, 11) is 1.54. The highest BCUT2D eigenvalue weighted by molar-refractivity contribution is 5.94. The van der Waals surface area contributed by atoms with Crippen LogP contribution in [0, 0.1) is 6.61 Å². The van der Waals surface area contributed by atoms with Gasteiger partial charge >= 0.3 is 5.97 Å². The van der Waals surface area contributed by atoms with Crippen LogP contribution in [0.5, 0.6) is 0 Å². The lowest BCUT2D eigenvalue weighted by Crippen LogP contribution is -2.00. The number of ether oxygens (including phenoxy) is 2. The van der Waals surface area contributed by atoms with Crippen LogP contribution in [0.1, 0.15) is 22.0 Å². The minimum absolute atomic E-state index is 0.283. The summed E-state index contributed by atoms with van der Waals surface area (Å²) in [4.78, 5) is 11.3.